The molecule has 1 aromatic carbocycles. The number of H-pyrrole nitrogens is 1. The van der Waals surface area contributed by atoms with Gasteiger partial charge in [-0.1, -0.05) is 0 Å². The molecule has 0 spiro atoms. The number of nitrogens with one attached hydrogen (secondary N) is 1. The van der Waals surface area contributed by atoms with Crippen LogP contribution in [0.1, 0.15) is 17.7 Å². The van der Waals surface area contributed by atoms with Crippen molar-refractivity contribution in [3.05, 3.63) is 23.4 Å². The fourth-order valence-corrected chi connectivity index (χ4v) is 3.17. The van der Waals surface area contributed by atoms with Gasteiger partial charge in [0.1, 0.15) is 0 Å². The monoisotopic (exact) mass is 274 g/mol. The van der Waals surface area contributed by atoms with Crippen molar-refractivity contribution < 1.29 is 9.47 Å². The maximum atomic E-state index is 5.43. The second-order valence-electron chi connectivity index (χ2n) is 5.70. The number of aromatic amines is 1. The van der Waals surface area contributed by atoms with Crippen LogP contribution in [0.5, 0.6) is 11.5 Å². The molecule has 0 fully saturated rings. The van der Waals surface area contributed by atoms with Gasteiger partial charge in [-0.15, -0.1) is 0 Å². The maximum absolute atomic E-state index is 5.43. The lowest BCUT2D eigenvalue weighted by molar-refractivity contribution is 0.268. The summed E-state index contributed by atoms with van der Waals surface area (Å²) in [6.07, 6.45) is 3.41. The standard InChI is InChI=1S/C16H22N2O2/c1-18(2)10-5-6-13-11(7-10)12-8-15(19-3)16(20-4)9-14(12)17-13/h8-10,17H,5-7H2,1-4H3. The summed E-state index contributed by atoms with van der Waals surface area (Å²) in [6.45, 7) is 0. The molecule has 1 aliphatic rings. The van der Waals surface area contributed by atoms with E-state index in [-0.39, 0.29) is 0 Å². The highest BCUT2D eigenvalue weighted by Crippen LogP contribution is 2.37. The lowest BCUT2D eigenvalue weighted by Crippen LogP contribution is -2.33. The van der Waals surface area contributed by atoms with Crippen molar-refractivity contribution in [3.8, 4) is 11.5 Å². The lowest BCUT2D eigenvalue weighted by atomic mass is 9.91. The van der Waals surface area contributed by atoms with E-state index in [9.17, 15) is 0 Å². The van der Waals surface area contributed by atoms with Crippen LogP contribution in [0.15, 0.2) is 12.1 Å². The zero-order valence-electron chi connectivity index (χ0n) is 12.6. The summed E-state index contributed by atoms with van der Waals surface area (Å²) in [5.74, 6) is 1.58. The zero-order chi connectivity index (χ0) is 14.3. The molecule has 3 rings (SSSR count). The minimum absolute atomic E-state index is 0.620. The zero-order valence-corrected chi connectivity index (χ0v) is 12.6. The van der Waals surface area contributed by atoms with Crippen molar-refractivity contribution in [1.82, 2.24) is 9.88 Å². The molecule has 0 bridgehead atoms. The van der Waals surface area contributed by atoms with Gasteiger partial charge in [-0.25, -0.2) is 0 Å². The van der Waals surface area contributed by atoms with E-state index in [2.05, 4.69) is 30.0 Å². The first-order valence-corrected chi connectivity index (χ1v) is 7.06. The summed E-state index contributed by atoms with van der Waals surface area (Å²) in [7, 11) is 7.68. The number of hydrogen-bond donors (Lipinski definition) is 1. The Morgan fingerprint density at radius 3 is 2.50 bits per heavy atom. The predicted octanol–water partition coefficient (Wildman–Crippen LogP) is 2.60. The third-order valence-corrected chi connectivity index (χ3v) is 4.40. The van der Waals surface area contributed by atoms with E-state index in [1.807, 2.05) is 6.07 Å². The average molecular weight is 274 g/mol. The van der Waals surface area contributed by atoms with Crippen LogP contribution in [-0.4, -0.2) is 44.2 Å². The van der Waals surface area contributed by atoms with E-state index in [1.165, 1.54) is 23.1 Å². The molecule has 1 aliphatic carbocycles. The Labute approximate surface area is 119 Å². The molecule has 0 aliphatic heterocycles. The molecule has 1 unspecified atom stereocenters. The Hall–Kier alpha value is -1.68. The molecule has 0 amide bonds. The van der Waals surface area contributed by atoms with Crippen molar-refractivity contribution >= 4 is 10.9 Å². The van der Waals surface area contributed by atoms with Gasteiger partial charge in [0.05, 0.1) is 14.2 Å². The van der Waals surface area contributed by atoms with Crippen LogP contribution in [0.2, 0.25) is 0 Å². The summed E-state index contributed by atoms with van der Waals surface area (Å²) < 4.78 is 10.8. The topological polar surface area (TPSA) is 37.5 Å². The number of ether oxygens (including phenoxy) is 2. The van der Waals surface area contributed by atoms with Gasteiger partial charge in [-0.2, -0.15) is 0 Å². The van der Waals surface area contributed by atoms with Gasteiger partial charge >= 0.3 is 0 Å². The molecule has 4 heteroatoms. The van der Waals surface area contributed by atoms with Crippen molar-refractivity contribution in [2.24, 2.45) is 0 Å². The van der Waals surface area contributed by atoms with E-state index < -0.39 is 0 Å². The smallest absolute Gasteiger partial charge is 0.162 e. The molecule has 1 heterocycles. The maximum Gasteiger partial charge on any atom is 0.162 e. The highest BCUT2D eigenvalue weighted by atomic mass is 16.5. The number of likely N-dealkylation sites (N-methyl/N-ethyl adjacent to an activating group) is 1. The normalized spacial score (nSPS) is 18.4. The van der Waals surface area contributed by atoms with Crippen LogP contribution in [0.25, 0.3) is 10.9 Å². The molecule has 1 aromatic heterocycles. The fourth-order valence-electron chi connectivity index (χ4n) is 3.17. The van der Waals surface area contributed by atoms with Gasteiger partial charge in [0.2, 0.25) is 0 Å². The van der Waals surface area contributed by atoms with Crippen LogP contribution < -0.4 is 9.47 Å². The second kappa shape index (κ2) is 5.02. The number of aryl methyl sites for hydroxylation is 1. The number of fused-ring (bicyclic) bond motifs is 3. The van der Waals surface area contributed by atoms with Gasteiger partial charge in [-0.3, -0.25) is 0 Å². The third kappa shape index (κ3) is 2.04. The predicted molar refractivity (Wildman–Crippen MR) is 80.9 cm³/mol. The van der Waals surface area contributed by atoms with Crippen LogP contribution in [0.3, 0.4) is 0 Å². The van der Waals surface area contributed by atoms with E-state index >= 15 is 0 Å². The van der Waals surface area contributed by atoms with E-state index in [0.29, 0.717) is 6.04 Å². The second-order valence-corrected chi connectivity index (χ2v) is 5.70. The summed E-state index contributed by atoms with van der Waals surface area (Å²) in [4.78, 5) is 5.87. The summed E-state index contributed by atoms with van der Waals surface area (Å²) in [6, 6.07) is 4.76. The number of hydrogen-bond acceptors (Lipinski definition) is 3. The average Bonchev–Trinajstić information content (AvgIpc) is 2.82. The lowest BCUT2D eigenvalue weighted by Gasteiger charge is -2.28. The highest BCUT2D eigenvalue weighted by Gasteiger charge is 2.24. The Kier molecular flexibility index (Phi) is 3.34. The molecular weight excluding hydrogens is 252 g/mol. The number of benzene rings is 1. The van der Waals surface area contributed by atoms with Crippen LogP contribution in [0.4, 0.5) is 0 Å². The summed E-state index contributed by atoms with van der Waals surface area (Å²) >= 11 is 0. The van der Waals surface area contributed by atoms with Crippen LogP contribution >= 0.6 is 0 Å². The number of methoxy groups -OCH3 is 2. The molecule has 0 saturated carbocycles. The fraction of sp³-hybridized carbons (Fsp3) is 0.500. The molecule has 20 heavy (non-hydrogen) atoms. The SMILES string of the molecule is COc1cc2[nH]c3c(c2cc1OC)CC(N(C)C)CC3. The van der Waals surface area contributed by atoms with Crippen molar-refractivity contribution in [2.75, 3.05) is 28.3 Å². The molecular formula is C16H22N2O2. The number of rotatable bonds is 3. The Balaban J connectivity index is 2.11. The molecule has 1 atom stereocenters. The Morgan fingerprint density at radius 1 is 1.15 bits per heavy atom. The Bertz CT molecular complexity index is 631. The van der Waals surface area contributed by atoms with Gasteiger partial charge in [0, 0.05) is 28.7 Å². The quantitative estimate of drug-likeness (QED) is 0.935. The van der Waals surface area contributed by atoms with Gasteiger partial charge in [0.15, 0.2) is 11.5 Å². The summed E-state index contributed by atoms with van der Waals surface area (Å²) in [5.41, 5.74) is 3.95. The minimum atomic E-state index is 0.620. The van der Waals surface area contributed by atoms with Gasteiger partial charge in [0.25, 0.3) is 0 Å². The van der Waals surface area contributed by atoms with Gasteiger partial charge < -0.3 is 19.4 Å². The molecule has 4 nitrogen and oxygen atoms in total. The van der Waals surface area contributed by atoms with E-state index in [4.69, 9.17) is 9.47 Å². The molecule has 0 saturated heterocycles. The first-order valence-electron chi connectivity index (χ1n) is 7.06. The molecule has 0 radical (unpaired) electrons. The van der Waals surface area contributed by atoms with Crippen LogP contribution in [0, 0.1) is 0 Å². The largest absolute Gasteiger partial charge is 0.493 e. The van der Waals surface area contributed by atoms with Crippen molar-refractivity contribution in [1.29, 1.82) is 0 Å². The first-order chi connectivity index (χ1) is 9.63. The van der Waals surface area contributed by atoms with E-state index in [1.54, 1.807) is 14.2 Å². The molecule has 2 aromatic rings. The number of nitrogens with zero attached hydrogens (tertiary/aromatic N) is 1. The van der Waals surface area contributed by atoms with Crippen LogP contribution in [-0.2, 0) is 12.8 Å². The first kappa shape index (κ1) is 13.3. The minimum Gasteiger partial charge on any atom is -0.493 e. The Morgan fingerprint density at radius 2 is 1.85 bits per heavy atom. The number of aromatic nitrogens is 1. The van der Waals surface area contributed by atoms with Crippen molar-refractivity contribution in [3.63, 3.8) is 0 Å². The molecule has 1 N–H and O–H groups in total. The highest BCUT2D eigenvalue weighted by molar-refractivity contribution is 5.88. The van der Waals surface area contributed by atoms with Gasteiger partial charge in [-0.05, 0) is 45.0 Å². The van der Waals surface area contributed by atoms with E-state index in [0.717, 1.165) is 29.9 Å². The summed E-state index contributed by atoms with van der Waals surface area (Å²) in [5, 5.41) is 1.27. The van der Waals surface area contributed by atoms with Crippen molar-refractivity contribution in [2.45, 2.75) is 25.3 Å². The molecule has 108 valence electrons. The third-order valence-electron chi connectivity index (χ3n) is 4.40.